The van der Waals surface area contributed by atoms with Gasteiger partial charge < -0.3 is 5.32 Å². The number of thiophene rings is 2. The minimum atomic E-state index is 0.580. The third-order valence-electron chi connectivity index (χ3n) is 3.39. The van der Waals surface area contributed by atoms with E-state index in [0.717, 1.165) is 12.5 Å². The number of aryl methyl sites for hydroxylation is 1. The van der Waals surface area contributed by atoms with E-state index in [9.17, 15) is 0 Å². The minimum absolute atomic E-state index is 0.580. The molecule has 0 aromatic carbocycles. The SMILES string of the molecule is Cc1ccsc1CNC(c1cccs1)C1CC1. The summed E-state index contributed by atoms with van der Waals surface area (Å²) < 4.78 is 0. The first-order chi connectivity index (χ1) is 8.34. The summed E-state index contributed by atoms with van der Waals surface area (Å²) in [6, 6.07) is 7.21. The molecular formula is C14H17NS2. The average molecular weight is 263 g/mol. The molecule has 2 aromatic heterocycles. The largest absolute Gasteiger partial charge is 0.304 e. The summed E-state index contributed by atoms with van der Waals surface area (Å²) in [5.74, 6) is 0.869. The maximum absolute atomic E-state index is 3.75. The van der Waals surface area contributed by atoms with Gasteiger partial charge in [-0.15, -0.1) is 22.7 Å². The molecule has 3 heteroatoms. The van der Waals surface area contributed by atoms with Gasteiger partial charge in [0.1, 0.15) is 0 Å². The zero-order valence-electron chi connectivity index (χ0n) is 9.98. The van der Waals surface area contributed by atoms with Crippen molar-refractivity contribution < 1.29 is 0 Å². The molecule has 0 radical (unpaired) electrons. The highest BCUT2D eigenvalue weighted by Crippen LogP contribution is 2.42. The van der Waals surface area contributed by atoms with Gasteiger partial charge in [0.2, 0.25) is 0 Å². The van der Waals surface area contributed by atoms with Crippen molar-refractivity contribution in [2.45, 2.75) is 32.4 Å². The van der Waals surface area contributed by atoms with Gasteiger partial charge in [0.25, 0.3) is 0 Å². The Kier molecular flexibility index (Phi) is 3.32. The maximum Gasteiger partial charge on any atom is 0.0446 e. The quantitative estimate of drug-likeness (QED) is 0.845. The van der Waals surface area contributed by atoms with E-state index < -0.39 is 0 Å². The van der Waals surface area contributed by atoms with Crippen molar-refractivity contribution in [3.8, 4) is 0 Å². The fraction of sp³-hybridized carbons (Fsp3) is 0.429. The predicted molar refractivity (Wildman–Crippen MR) is 75.7 cm³/mol. The van der Waals surface area contributed by atoms with E-state index in [-0.39, 0.29) is 0 Å². The van der Waals surface area contributed by atoms with Crippen LogP contribution in [0.5, 0.6) is 0 Å². The van der Waals surface area contributed by atoms with Gasteiger partial charge in [0, 0.05) is 22.3 Å². The lowest BCUT2D eigenvalue weighted by molar-refractivity contribution is 0.489. The van der Waals surface area contributed by atoms with Crippen LogP contribution in [-0.2, 0) is 6.54 Å². The average Bonchev–Trinajstić information content (AvgIpc) is 2.86. The van der Waals surface area contributed by atoms with Crippen LogP contribution in [0.1, 0.15) is 34.2 Å². The first kappa shape index (κ1) is 11.5. The Balaban J connectivity index is 1.68. The summed E-state index contributed by atoms with van der Waals surface area (Å²) in [5, 5.41) is 8.12. The molecule has 1 nitrogen and oxygen atoms in total. The molecule has 0 amide bonds. The summed E-state index contributed by atoms with van der Waals surface area (Å²) in [7, 11) is 0. The van der Waals surface area contributed by atoms with Crippen molar-refractivity contribution in [3.63, 3.8) is 0 Å². The molecule has 1 aliphatic rings. The molecule has 1 aliphatic carbocycles. The summed E-state index contributed by atoms with van der Waals surface area (Å²) in [5.41, 5.74) is 1.42. The van der Waals surface area contributed by atoms with Gasteiger partial charge in [-0.25, -0.2) is 0 Å². The van der Waals surface area contributed by atoms with Gasteiger partial charge in [-0.1, -0.05) is 6.07 Å². The molecule has 3 rings (SSSR count). The third kappa shape index (κ3) is 2.62. The zero-order chi connectivity index (χ0) is 11.7. The molecule has 17 heavy (non-hydrogen) atoms. The second-order valence-corrected chi connectivity index (χ2v) is 6.72. The van der Waals surface area contributed by atoms with Gasteiger partial charge in [-0.3, -0.25) is 0 Å². The first-order valence-electron chi connectivity index (χ1n) is 6.14. The van der Waals surface area contributed by atoms with E-state index >= 15 is 0 Å². The van der Waals surface area contributed by atoms with Crippen molar-refractivity contribution in [1.82, 2.24) is 5.32 Å². The van der Waals surface area contributed by atoms with Crippen LogP contribution in [0.2, 0.25) is 0 Å². The Labute approximate surface area is 111 Å². The van der Waals surface area contributed by atoms with E-state index in [4.69, 9.17) is 0 Å². The van der Waals surface area contributed by atoms with Gasteiger partial charge in [0.05, 0.1) is 0 Å². The topological polar surface area (TPSA) is 12.0 Å². The Hall–Kier alpha value is -0.640. The van der Waals surface area contributed by atoms with E-state index in [0.29, 0.717) is 6.04 Å². The Morgan fingerprint density at radius 2 is 2.18 bits per heavy atom. The lowest BCUT2D eigenvalue weighted by Gasteiger charge is -2.16. The van der Waals surface area contributed by atoms with Gasteiger partial charge in [0.15, 0.2) is 0 Å². The highest BCUT2D eigenvalue weighted by atomic mass is 32.1. The summed E-state index contributed by atoms with van der Waals surface area (Å²) in [6.45, 7) is 3.22. The molecule has 2 heterocycles. The second-order valence-electron chi connectivity index (χ2n) is 4.74. The molecular weight excluding hydrogens is 246 g/mol. The molecule has 1 atom stereocenters. The molecule has 90 valence electrons. The molecule has 1 N–H and O–H groups in total. The minimum Gasteiger partial charge on any atom is -0.304 e. The first-order valence-corrected chi connectivity index (χ1v) is 7.90. The van der Waals surface area contributed by atoms with Crippen LogP contribution < -0.4 is 5.32 Å². The van der Waals surface area contributed by atoms with E-state index in [1.165, 1.54) is 28.2 Å². The summed E-state index contributed by atoms with van der Waals surface area (Å²) in [6.07, 6.45) is 2.78. The normalized spacial score (nSPS) is 17.2. The van der Waals surface area contributed by atoms with Crippen LogP contribution in [0.3, 0.4) is 0 Å². The van der Waals surface area contributed by atoms with Gasteiger partial charge >= 0.3 is 0 Å². The zero-order valence-corrected chi connectivity index (χ0v) is 11.6. The maximum atomic E-state index is 3.75. The van der Waals surface area contributed by atoms with E-state index in [2.05, 4.69) is 41.2 Å². The molecule has 0 bridgehead atoms. The fourth-order valence-electron chi connectivity index (χ4n) is 2.19. The third-order valence-corrected chi connectivity index (χ3v) is 5.37. The van der Waals surface area contributed by atoms with Crippen LogP contribution in [-0.4, -0.2) is 0 Å². The Morgan fingerprint density at radius 3 is 2.76 bits per heavy atom. The molecule has 1 fully saturated rings. The second kappa shape index (κ2) is 4.92. The highest BCUT2D eigenvalue weighted by Gasteiger charge is 2.32. The summed E-state index contributed by atoms with van der Waals surface area (Å²) in [4.78, 5) is 2.98. The number of nitrogens with one attached hydrogen (secondary N) is 1. The molecule has 0 spiro atoms. The van der Waals surface area contributed by atoms with Crippen molar-refractivity contribution in [3.05, 3.63) is 44.3 Å². The smallest absolute Gasteiger partial charge is 0.0446 e. The monoisotopic (exact) mass is 263 g/mol. The molecule has 0 aliphatic heterocycles. The lowest BCUT2D eigenvalue weighted by atomic mass is 10.1. The molecule has 1 unspecified atom stereocenters. The number of rotatable bonds is 5. The van der Waals surface area contributed by atoms with Crippen LogP contribution in [0.4, 0.5) is 0 Å². The number of hydrogen-bond donors (Lipinski definition) is 1. The van der Waals surface area contributed by atoms with Gasteiger partial charge in [-0.05, 0) is 54.1 Å². The van der Waals surface area contributed by atoms with E-state index in [1.807, 2.05) is 22.7 Å². The molecule has 2 aromatic rings. The molecule has 1 saturated carbocycles. The van der Waals surface area contributed by atoms with Crippen molar-refractivity contribution in [1.29, 1.82) is 0 Å². The Bertz CT molecular complexity index is 468. The van der Waals surface area contributed by atoms with Crippen molar-refractivity contribution >= 4 is 22.7 Å². The standard InChI is InChI=1S/C14H17NS2/c1-10-6-8-17-13(10)9-15-14(11-4-5-11)12-3-2-7-16-12/h2-3,6-8,11,14-15H,4-5,9H2,1H3. The fourth-order valence-corrected chi connectivity index (χ4v) is 3.94. The Morgan fingerprint density at radius 1 is 1.29 bits per heavy atom. The number of hydrogen-bond acceptors (Lipinski definition) is 3. The van der Waals surface area contributed by atoms with Crippen LogP contribution in [0.15, 0.2) is 29.0 Å². The van der Waals surface area contributed by atoms with Crippen molar-refractivity contribution in [2.24, 2.45) is 5.92 Å². The predicted octanol–water partition coefficient (Wildman–Crippen LogP) is 4.36. The van der Waals surface area contributed by atoms with E-state index in [1.54, 1.807) is 0 Å². The van der Waals surface area contributed by atoms with Gasteiger partial charge in [-0.2, -0.15) is 0 Å². The van der Waals surface area contributed by atoms with Crippen LogP contribution >= 0.6 is 22.7 Å². The van der Waals surface area contributed by atoms with Crippen molar-refractivity contribution in [2.75, 3.05) is 0 Å². The summed E-state index contributed by atoms with van der Waals surface area (Å²) >= 11 is 3.74. The lowest BCUT2D eigenvalue weighted by Crippen LogP contribution is -2.21. The highest BCUT2D eigenvalue weighted by molar-refractivity contribution is 7.10. The van der Waals surface area contributed by atoms with Crippen LogP contribution in [0.25, 0.3) is 0 Å². The molecule has 0 saturated heterocycles. The van der Waals surface area contributed by atoms with Crippen LogP contribution in [0, 0.1) is 12.8 Å².